The van der Waals surface area contributed by atoms with E-state index < -0.39 is 0 Å². The molecule has 0 aliphatic carbocycles. The van der Waals surface area contributed by atoms with E-state index in [9.17, 15) is 0 Å². The summed E-state index contributed by atoms with van der Waals surface area (Å²) in [6, 6.07) is 14.6. The van der Waals surface area contributed by atoms with Crippen LogP contribution in [0.2, 0.25) is 5.02 Å². The van der Waals surface area contributed by atoms with Gasteiger partial charge in [0, 0.05) is 22.6 Å². The van der Waals surface area contributed by atoms with Crippen molar-refractivity contribution in [1.29, 1.82) is 0 Å². The minimum Gasteiger partial charge on any atom is -0.323 e. The number of benzene rings is 2. The number of nitrogens with two attached hydrogens (primary N) is 1. The van der Waals surface area contributed by atoms with E-state index in [4.69, 9.17) is 17.3 Å². The summed E-state index contributed by atoms with van der Waals surface area (Å²) in [5.41, 5.74) is 11.4. The third-order valence-corrected chi connectivity index (χ3v) is 4.69. The van der Waals surface area contributed by atoms with E-state index in [0.717, 1.165) is 16.5 Å². The van der Waals surface area contributed by atoms with Gasteiger partial charge in [0.05, 0.1) is 0 Å². The Hall–Kier alpha value is -0.960. The Morgan fingerprint density at radius 2 is 1.80 bits per heavy atom. The zero-order valence-corrected chi connectivity index (χ0v) is 13.5. The smallest absolute Gasteiger partial charge is 0.0406 e. The molecule has 3 heteroatoms. The standard InChI is InChI=1S/C17H20ClNS/c1-12-3-8-16(13(2)9-12)17(19)11-20-10-14-4-6-15(18)7-5-14/h3-9,17H,10-11,19H2,1-2H3. The molecule has 0 saturated heterocycles. The Morgan fingerprint density at radius 3 is 2.45 bits per heavy atom. The van der Waals surface area contributed by atoms with Crippen LogP contribution in [0.15, 0.2) is 42.5 Å². The van der Waals surface area contributed by atoms with Gasteiger partial charge in [0.1, 0.15) is 0 Å². The van der Waals surface area contributed by atoms with Crippen molar-refractivity contribution < 1.29 is 0 Å². The minimum absolute atomic E-state index is 0.0906. The van der Waals surface area contributed by atoms with Gasteiger partial charge in [-0.05, 0) is 42.7 Å². The maximum atomic E-state index is 6.29. The summed E-state index contributed by atoms with van der Waals surface area (Å²) in [6.45, 7) is 4.24. The summed E-state index contributed by atoms with van der Waals surface area (Å²) in [5, 5.41) is 0.783. The fraction of sp³-hybridized carbons (Fsp3) is 0.294. The first kappa shape index (κ1) is 15.4. The van der Waals surface area contributed by atoms with E-state index in [1.165, 1.54) is 22.3 Å². The van der Waals surface area contributed by atoms with Crippen LogP contribution in [0.3, 0.4) is 0 Å². The topological polar surface area (TPSA) is 26.0 Å². The van der Waals surface area contributed by atoms with Crippen LogP contribution in [-0.2, 0) is 5.75 Å². The minimum atomic E-state index is 0.0906. The lowest BCUT2D eigenvalue weighted by atomic mass is 10.0. The summed E-state index contributed by atoms with van der Waals surface area (Å²) in [6.07, 6.45) is 0. The van der Waals surface area contributed by atoms with Crippen LogP contribution in [0.25, 0.3) is 0 Å². The van der Waals surface area contributed by atoms with E-state index in [1.807, 2.05) is 23.9 Å². The van der Waals surface area contributed by atoms with Crippen molar-refractivity contribution in [2.24, 2.45) is 5.73 Å². The largest absolute Gasteiger partial charge is 0.323 e. The monoisotopic (exact) mass is 305 g/mol. The van der Waals surface area contributed by atoms with Crippen molar-refractivity contribution in [1.82, 2.24) is 0 Å². The highest BCUT2D eigenvalue weighted by atomic mass is 35.5. The van der Waals surface area contributed by atoms with Gasteiger partial charge in [-0.2, -0.15) is 11.8 Å². The van der Waals surface area contributed by atoms with Gasteiger partial charge >= 0.3 is 0 Å². The lowest BCUT2D eigenvalue weighted by Gasteiger charge is -2.15. The number of aryl methyl sites for hydroxylation is 2. The predicted octanol–water partition coefficient (Wildman–Crippen LogP) is 4.89. The molecule has 0 aliphatic rings. The van der Waals surface area contributed by atoms with Gasteiger partial charge in [0.25, 0.3) is 0 Å². The third-order valence-electron chi connectivity index (χ3n) is 3.30. The second-order valence-corrected chi connectivity index (χ2v) is 6.57. The summed E-state index contributed by atoms with van der Waals surface area (Å²) in [5.74, 6) is 1.89. The maximum absolute atomic E-state index is 6.29. The van der Waals surface area contributed by atoms with Crippen LogP contribution in [0.4, 0.5) is 0 Å². The lowest BCUT2D eigenvalue weighted by Crippen LogP contribution is -2.14. The summed E-state index contributed by atoms with van der Waals surface area (Å²) < 4.78 is 0. The van der Waals surface area contributed by atoms with E-state index in [0.29, 0.717) is 0 Å². The molecule has 0 spiro atoms. The van der Waals surface area contributed by atoms with Gasteiger partial charge in [0.2, 0.25) is 0 Å². The third kappa shape index (κ3) is 4.27. The molecule has 0 amide bonds. The Balaban J connectivity index is 1.88. The number of hydrogen-bond donors (Lipinski definition) is 1. The van der Waals surface area contributed by atoms with Crippen molar-refractivity contribution in [2.75, 3.05) is 5.75 Å². The SMILES string of the molecule is Cc1ccc(C(N)CSCc2ccc(Cl)cc2)c(C)c1. The molecule has 0 saturated carbocycles. The second-order valence-electron chi connectivity index (χ2n) is 5.11. The fourth-order valence-corrected chi connectivity index (χ4v) is 3.32. The molecule has 0 radical (unpaired) electrons. The first-order valence-electron chi connectivity index (χ1n) is 6.71. The van der Waals surface area contributed by atoms with Crippen molar-refractivity contribution in [2.45, 2.75) is 25.6 Å². The molecule has 2 aromatic carbocycles. The Labute approximate surface area is 130 Å². The van der Waals surface area contributed by atoms with Gasteiger partial charge < -0.3 is 5.73 Å². The molecule has 1 atom stereocenters. The van der Waals surface area contributed by atoms with Crippen LogP contribution in [0.1, 0.15) is 28.3 Å². The summed E-state index contributed by atoms with van der Waals surface area (Å²) in [7, 11) is 0. The number of halogens is 1. The zero-order valence-electron chi connectivity index (χ0n) is 11.9. The normalized spacial score (nSPS) is 12.4. The van der Waals surface area contributed by atoms with E-state index in [1.54, 1.807) is 0 Å². The van der Waals surface area contributed by atoms with Gasteiger partial charge in [-0.15, -0.1) is 0 Å². The molecular formula is C17H20ClNS. The van der Waals surface area contributed by atoms with Crippen LogP contribution in [0.5, 0.6) is 0 Å². The van der Waals surface area contributed by atoms with Gasteiger partial charge in [-0.1, -0.05) is 47.5 Å². The van der Waals surface area contributed by atoms with Crippen molar-refractivity contribution in [3.63, 3.8) is 0 Å². The van der Waals surface area contributed by atoms with E-state index >= 15 is 0 Å². The molecule has 2 rings (SSSR count). The molecule has 2 aromatic rings. The molecule has 0 bridgehead atoms. The second kappa shape index (κ2) is 7.16. The molecule has 20 heavy (non-hydrogen) atoms. The molecule has 1 nitrogen and oxygen atoms in total. The molecule has 0 aliphatic heterocycles. The highest BCUT2D eigenvalue weighted by Gasteiger charge is 2.09. The predicted molar refractivity (Wildman–Crippen MR) is 90.5 cm³/mol. The zero-order chi connectivity index (χ0) is 14.5. The first-order valence-corrected chi connectivity index (χ1v) is 8.24. The lowest BCUT2D eigenvalue weighted by molar-refractivity contribution is 0.822. The average Bonchev–Trinajstić information content (AvgIpc) is 2.41. The Morgan fingerprint density at radius 1 is 1.10 bits per heavy atom. The molecule has 0 fully saturated rings. The van der Waals surface area contributed by atoms with Crippen molar-refractivity contribution in [3.8, 4) is 0 Å². The molecular weight excluding hydrogens is 286 g/mol. The fourth-order valence-electron chi connectivity index (χ4n) is 2.22. The van der Waals surface area contributed by atoms with Crippen LogP contribution >= 0.6 is 23.4 Å². The van der Waals surface area contributed by atoms with Gasteiger partial charge in [-0.25, -0.2) is 0 Å². The van der Waals surface area contributed by atoms with E-state index in [-0.39, 0.29) is 6.04 Å². The van der Waals surface area contributed by atoms with Crippen molar-refractivity contribution in [3.05, 3.63) is 69.7 Å². The molecule has 106 valence electrons. The van der Waals surface area contributed by atoms with Crippen molar-refractivity contribution >= 4 is 23.4 Å². The van der Waals surface area contributed by atoms with Crippen LogP contribution in [0, 0.1) is 13.8 Å². The Bertz CT molecular complexity index is 566. The molecule has 2 N–H and O–H groups in total. The first-order chi connectivity index (χ1) is 9.56. The van der Waals surface area contributed by atoms with Crippen LogP contribution in [-0.4, -0.2) is 5.75 Å². The molecule has 0 heterocycles. The maximum Gasteiger partial charge on any atom is 0.0406 e. The summed E-state index contributed by atoms with van der Waals surface area (Å²) in [4.78, 5) is 0. The highest BCUT2D eigenvalue weighted by Crippen LogP contribution is 2.23. The van der Waals surface area contributed by atoms with Gasteiger partial charge in [-0.3, -0.25) is 0 Å². The number of rotatable bonds is 5. The highest BCUT2D eigenvalue weighted by molar-refractivity contribution is 7.98. The Kier molecular flexibility index (Phi) is 5.53. The molecule has 0 aromatic heterocycles. The number of hydrogen-bond acceptors (Lipinski definition) is 2. The van der Waals surface area contributed by atoms with E-state index in [2.05, 4.69) is 44.2 Å². The summed E-state index contributed by atoms with van der Waals surface area (Å²) >= 11 is 7.74. The van der Waals surface area contributed by atoms with Crippen LogP contribution < -0.4 is 5.73 Å². The van der Waals surface area contributed by atoms with Gasteiger partial charge in [0.15, 0.2) is 0 Å². The number of thioether (sulfide) groups is 1. The quantitative estimate of drug-likeness (QED) is 0.851. The molecule has 1 unspecified atom stereocenters. The average molecular weight is 306 g/mol.